The van der Waals surface area contributed by atoms with Crippen LogP contribution in [0.3, 0.4) is 0 Å². The zero-order valence-corrected chi connectivity index (χ0v) is 21.1. The molecule has 0 saturated heterocycles. The molecule has 0 saturated carbocycles. The van der Waals surface area contributed by atoms with E-state index in [1.54, 1.807) is 13.0 Å². The third-order valence-corrected chi connectivity index (χ3v) is 10.1. The van der Waals surface area contributed by atoms with Gasteiger partial charge in [0.25, 0.3) is 0 Å². The molecule has 0 aliphatic rings. The van der Waals surface area contributed by atoms with Gasteiger partial charge >= 0.3 is 5.97 Å². The largest absolute Gasteiger partial charge is 0.463 e. The molecule has 0 fully saturated rings. The van der Waals surface area contributed by atoms with Gasteiger partial charge in [0.2, 0.25) is 0 Å². The molecular weight excluding hydrogens is 368 g/mol. The highest BCUT2D eigenvalue weighted by Crippen LogP contribution is 2.42. The Labute approximate surface area is 174 Å². The molecule has 0 aromatic heterocycles. The second-order valence-corrected chi connectivity index (χ2v) is 15.1. The van der Waals surface area contributed by atoms with Gasteiger partial charge in [-0.15, -0.1) is 0 Å². The number of aliphatic hydroxyl groups is 1. The molecule has 3 atom stereocenters. The topological polar surface area (TPSA) is 55.8 Å². The average Bonchev–Trinajstić information content (AvgIpc) is 2.53. The molecule has 1 N–H and O–H groups in total. The van der Waals surface area contributed by atoms with Crippen molar-refractivity contribution < 1.29 is 19.1 Å². The molecule has 0 aromatic rings. The zero-order chi connectivity index (χ0) is 22.3. The van der Waals surface area contributed by atoms with Crippen LogP contribution in [-0.4, -0.2) is 38.2 Å². The minimum Gasteiger partial charge on any atom is -0.463 e. The van der Waals surface area contributed by atoms with E-state index in [9.17, 15) is 9.90 Å². The summed E-state index contributed by atoms with van der Waals surface area (Å²) >= 11 is 0. The van der Waals surface area contributed by atoms with Gasteiger partial charge in [-0.25, -0.2) is 4.79 Å². The Kier molecular flexibility index (Phi) is 10.4. The molecule has 0 radical (unpaired) electrons. The molecule has 0 unspecified atom stereocenters. The van der Waals surface area contributed by atoms with E-state index >= 15 is 0 Å². The van der Waals surface area contributed by atoms with Gasteiger partial charge in [-0.2, -0.15) is 0 Å². The molecule has 5 heteroatoms. The van der Waals surface area contributed by atoms with Crippen LogP contribution in [0.25, 0.3) is 0 Å². The third-order valence-electron chi connectivity index (χ3n) is 5.62. The Hall–Kier alpha value is -0.913. The summed E-state index contributed by atoms with van der Waals surface area (Å²) in [6.45, 7) is 23.9. The van der Waals surface area contributed by atoms with E-state index < -0.39 is 14.4 Å². The molecular formula is C23H44O4Si. The Bertz CT molecular complexity index is 550. The van der Waals surface area contributed by atoms with E-state index in [2.05, 4.69) is 61.6 Å². The van der Waals surface area contributed by atoms with Crippen molar-refractivity contribution in [3.8, 4) is 0 Å². The summed E-state index contributed by atoms with van der Waals surface area (Å²) in [5, 5.41) is 11.0. The van der Waals surface area contributed by atoms with Crippen LogP contribution in [0, 0.1) is 11.3 Å². The van der Waals surface area contributed by atoms with Gasteiger partial charge in [-0.1, -0.05) is 66.2 Å². The zero-order valence-electron chi connectivity index (χ0n) is 20.1. The minimum absolute atomic E-state index is 0.00721. The van der Waals surface area contributed by atoms with Crippen molar-refractivity contribution in [2.45, 2.75) is 99.1 Å². The van der Waals surface area contributed by atoms with E-state index in [-0.39, 0.29) is 28.4 Å². The highest BCUT2D eigenvalue weighted by molar-refractivity contribution is 6.74. The molecule has 28 heavy (non-hydrogen) atoms. The van der Waals surface area contributed by atoms with Gasteiger partial charge in [0.1, 0.15) is 0 Å². The van der Waals surface area contributed by atoms with E-state index in [0.717, 1.165) is 5.57 Å². The number of allylic oxidation sites excluding steroid dienone is 2. The molecule has 0 amide bonds. The summed E-state index contributed by atoms with van der Waals surface area (Å²) < 4.78 is 11.6. The number of esters is 1. The van der Waals surface area contributed by atoms with Crippen molar-refractivity contribution in [2.75, 3.05) is 6.61 Å². The van der Waals surface area contributed by atoms with Crippen molar-refractivity contribution in [1.29, 1.82) is 0 Å². The lowest BCUT2D eigenvalue weighted by atomic mass is 9.79. The van der Waals surface area contributed by atoms with Crippen LogP contribution in [0.4, 0.5) is 0 Å². The molecule has 0 bridgehead atoms. The number of aliphatic hydroxyl groups excluding tert-OH is 1. The van der Waals surface area contributed by atoms with Gasteiger partial charge < -0.3 is 14.3 Å². The molecule has 4 nitrogen and oxygen atoms in total. The predicted octanol–water partition coefficient (Wildman–Crippen LogP) is 5.88. The molecule has 0 rings (SSSR count). The van der Waals surface area contributed by atoms with Crippen LogP contribution in [0.15, 0.2) is 23.8 Å². The standard InChI is InChI=1S/C23H44O4Si/c1-12-26-20(25)16-14-17(2)13-15-19(24)18(3)21(22(4,5)6)27-28(10,11)23(7,8)9/h13-14,16,18-19,21,24H,12,15H2,1-11H3/b16-14+,17-13+/t18-,19+,21+/m1/s1. The smallest absolute Gasteiger partial charge is 0.330 e. The maximum Gasteiger partial charge on any atom is 0.330 e. The number of hydrogen-bond acceptors (Lipinski definition) is 4. The Morgan fingerprint density at radius 2 is 1.64 bits per heavy atom. The highest BCUT2D eigenvalue weighted by Gasteiger charge is 2.44. The Morgan fingerprint density at radius 1 is 1.11 bits per heavy atom. The predicted molar refractivity (Wildman–Crippen MR) is 121 cm³/mol. The molecule has 0 aromatic carbocycles. The molecule has 0 aliphatic carbocycles. The molecule has 0 aliphatic heterocycles. The highest BCUT2D eigenvalue weighted by atomic mass is 28.4. The second kappa shape index (κ2) is 10.7. The fourth-order valence-corrected chi connectivity index (χ4v) is 4.30. The van der Waals surface area contributed by atoms with Gasteiger partial charge in [-0.3, -0.25) is 0 Å². The fraction of sp³-hybridized carbons (Fsp3) is 0.783. The summed E-state index contributed by atoms with van der Waals surface area (Å²) in [6.07, 6.45) is 5.08. The maximum atomic E-state index is 11.4. The Balaban J connectivity index is 5.22. The van der Waals surface area contributed by atoms with Gasteiger partial charge in [0.15, 0.2) is 8.32 Å². The summed E-state index contributed by atoms with van der Waals surface area (Å²) in [6, 6.07) is 0. The maximum absolute atomic E-state index is 11.4. The lowest BCUT2D eigenvalue weighted by Crippen LogP contribution is -2.51. The summed E-state index contributed by atoms with van der Waals surface area (Å²) in [5.74, 6) is -0.355. The van der Waals surface area contributed by atoms with E-state index in [1.807, 2.05) is 13.0 Å². The monoisotopic (exact) mass is 412 g/mol. The summed E-state index contributed by atoms with van der Waals surface area (Å²) in [4.78, 5) is 11.4. The summed E-state index contributed by atoms with van der Waals surface area (Å²) in [7, 11) is -1.95. The third kappa shape index (κ3) is 9.06. The van der Waals surface area contributed by atoms with E-state index in [4.69, 9.17) is 9.16 Å². The van der Waals surface area contributed by atoms with Crippen molar-refractivity contribution in [3.63, 3.8) is 0 Å². The van der Waals surface area contributed by atoms with Crippen LogP contribution < -0.4 is 0 Å². The van der Waals surface area contributed by atoms with Crippen LogP contribution >= 0.6 is 0 Å². The molecule has 0 spiro atoms. The fourth-order valence-electron chi connectivity index (χ4n) is 2.75. The van der Waals surface area contributed by atoms with Gasteiger partial charge in [0.05, 0.1) is 18.8 Å². The summed E-state index contributed by atoms with van der Waals surface area (Å²) in [5.41, 5.74) is 0.857. The number of rotatable bonds is 9. The minimum atomic E-state index is -1.95. The van der Waals surface area contributed by atoms with Crippen molar-refractivity contribution in [3.05, 3.63) is 23.8 Å². The van der Waals surface area contributed by atoms with Gasteiger partial charge in [-0.05, 0) is 43.8 Å². The first-order chi connectivity index (χ1) is 12.5. The normalized spacial score (nSPS) is 17.5. The van der Waals surface area contributed by atoms with Crippen molar-refractivity contribution >= 4 is 14.3 Å². The number of hydrogen-bond donors (Lipinski definition) is 1. The molecule has 0 heterocycles. The van der Waals surface area contributed by atoms with Crippen LogP contribution in [-0.2, 0) is 14.0 Å². The lowest BCUT2D eigenvalue weighted by molar-refractivity contribution is -0.137. The number of carbonyl (C=O) groups excluding carboxylic acids is 1. The quantitative estimate of drug-likeness (QED) is 0.222. The van der Waals surface area contributed by atoms with E-state index in [0.29, 0.717) is 13.0 Å². The Morgan fingerprint density at radius 3 is 2.07 bits per heavy atom. The molecule has 164 valence electrons. The SMILES string of the molecule is CCOC(=O)/C=C/C(C)=C/C[C@H](O)[C@@H](C)[C@H](O[Si](C)(C)C(C)(C)C)C(C)(C)C. The van der Waals surface area contributed by atoms with Crippen LogP contribution in [0.1, 0.15) is 68.7 Å². The lowest BCUT2D eigenvalue weighted by Gasteiger charge is -2.46. The second-order valence-electron chi connectivity index (χ2n) is 10.4. The van der Waals surface area contributed by atoms with Crippen LogP contribution in [0.2, 0.25) is 18.1 Å². The van der Waals surface area contributed by atoms with Crippen LogP contribution in [0.5, 0.6) is 0 Å². The first kappa shape index (κ1) is 27.1. The van der Waals surface area contributed by atoms with E-state index in [1.165, 1.54) is 6.08 Å². The first-order valence-electron chi connectivity index (χ1n) is 10.4. The number of carbonyl (C=O) groups is 1. The average molecular weight is 413 g/mol. The van der Waals surface area contributed by atoms with Gasteiger partial charge in [0, 0.05) is 12.0 Å². The number of ether oxygens (including phenoxy) is 1. The van der Waals surface area contributed by atoms with Crippen molar-refractivity contribution in [1.82, 2.24) is 0 Å². The first-order valence-corrected chi connectivity index (χ1v) is 13.3. The van der Waals surface area contributed by atoms with Crippen molar-refractivity contribution in [2.24, 2.45) is 11.3 Å².